The first-order valence-electron chi connectivity index (χ1n) is 7.25. The predicted octanol–water partition coefficient (Wildman–Crippen LogP) is 5.46. The van der Waals surface area contributed by atoms with Gasteiger partial charge in [0.1, 0.15) is 5.82 Å². The second-order valence-electron chi connectivity index (χ2n) is 5.14. The van der Waals surface area contributed by atoms with Gasteiger partial charge in [-0.1, -0.05) is 51.7 Å². The molecular formula is C16H25BrFN. The first-order chi connectivity index (χ1) is 9.13. The minimum absolute atomic E-state index is 0.0966. The molecule has 0 aliphatic heterocycles. The fraction of sp³-hybridized carbons (Fsp3) is 0.625. The standard InChI is InChI=1S/C16H25BrFN/c1-4-6-8-12(5-2)11-15(19-3)13-9-7-10-14(17)16(13)18/h7,9-10,12,15,19H,4-6,8,11H2,1-3H3. The fourth-order valence-electron chi connectivity index (χ4n) is 2.50. The highest BCUT2D eigenvalue weighted by Gasteiger charge is 2.19. The first kappa shape index (κ1) is 16.6. The van der Waals surface area contributed by atoms with Crippen LogP contribution in [0.3, 0.4) is 0 Å². The Kier molecular flexibility index (Phi) is 7.62. The van der Waals surface area contributed by atoms with Crippen LogP contribution in [0.15, 0.2) is 22.7 Å². The summed E-state index contributed by atoms with van der Waals surface area (Å²) < 4.78 is 14.7. The molecule has 108 valence electrons. The molecule has 1 nitrogen and oxygen atoms in total. The molecule has 0 saturated carbocycles. The molecule has 2 unspecified atom stereocenters. The minimum Gasteiger partial charge on any atom is -0.313 e. The van der Waals surface area contributed by atoms with Crippen molar-refractivity contribution < 1.29 is 4.39 Å². The van der Waals surface area contributed by atoms with Crippen molar-refractivity contribution in [2.75, 3.05) is 7.05 Å². The van der Waals surface area contributed by atoms with Gasteiger partial charge in [0, 0.05) is 11.6 Å². The zero-order valence-electron chi connectivity index (χ0n) is 12.2. The molecule has 19 heavy (non-hydrogen) atoms. The summed E-state index contributed by atoms with van der Waals surface area (Å²) in [5, 5.41) is 3.27. The molecule has 0 fully saturated rings. The van der Waals surface area contributed by atoms with Gasteiger partial charge < -0.3 is 5.32 Å². The molecule has 0 heterocycles. The monoisotopic (exact) mass is 329 g/mol. The second kappa shape index (κ2) is 8.70. The van der Waals surface area contributed by atoms with E-state index in [4.69, 9.17) is 0 Å². The van der Waals surface area contributed by atoms with Crippen molar-refractivity contribution in [3.8, 4) is 0 Å². The van der Waals surface area contributed by atoms with Crippen molar-refractivity contribution in [1.29, 1.82) is 0 Å². The average molecular weight is 330 g/mol. The number of hydrogen-bond donors (Lipinski definition) is 1. The third kappa shape index (κ3) is 4.88. The van der Waals surface area contributed by atoms with Crippen LogP contribution in [0.25, 0.3) is 0 Å². The lowest BCUT2D eigenvalue weighted by Gasteiger charge is -2.23. The van der Waals surface area contributed by atoms with Crippen LogP contribution in [0.1, 0.15) is 57.6 Å². The smallest absolute Gasteiger partial charge is 0.142 e. The van der Waals surface area contributed by atoms with Gasteiger partial charge in [0.25, 0.3) is 0 Å². The van der Waals surface area contributed by atoms with Gasteiger partial charge in [0.05, 0.1) is 4.47 Å². The molecular weight excluding hydrogens is 305 g/mol. The van der Waals surface area contributed by atoms with E-state index in [-0.39, 0.29) is 11.9 Å². The van der Waals surface area contributed by atoms with Gasteiger partial charge in [-0.2, -0.15) is 0 Å². The molecule has 0 aliphatic rings. The average Bonchev–Trinajstić information content (AvgIpc) is 2.43. The molecule has 0 bridgehead atoms. The third-order valence-corrected chi connectivity index (χ3v) is 4.43. The molecule has 0 radical (unpaired) electrons. The summed E-state index contributed by atoms with van der Waals surface area (Å²) in [5.74, 6) is 0.531. The number of unbranched alkanes of at least 4 members (excludes halogenated alkanes) is 1. The van der Waals surface area contributed by atoms with Crippen LogP contribution in [0.5, 0.6) is 0 Å². The number of halogens is 2. The van der Waals surface area contributed by atoms with Crippen molar-refractivity contribution in [1.82, 2.24) is 5.32 Å². The zero-order chi connectivity index (χ0) is 14.3. The molecule has 1 aromatic carbocycles. The summed E-state index contributed by atoms with van der Waals surface area (Å²) in [4.78, 5) is 0. The van der Waals surface area contributed by atoms with Crippen LogP contribution < -0.4 is 5.32 Å². The topological polar surface area (TPSA) is 12.0 Å². The first-order valence-corrected chi connectivity index (χ1v) is 8.04. The van der Waals surface area contributed by atoms with E-state index in [0.29, 0.717) is 10.4 Å². The van der Waals surface area contributed by atoms with E-state index in [9.17, 15) is 4.39 Å². The Hall–Kier alpha value is -0.410. The van der Waals surface area contributed by atoms with Crippen LogP contribution in [0, 0.1) is 11.7 Å². The normalized spacial score (nSPS) is 14.4. The Morgan fingerprint density at radius 1 is 1.32 bits per heavy atom. The predicted molar refractivity (Wildman–Crippen MR) is 83.8 cm³/mol. The highest BCUT2D eigenvalue weighted by atomic mass is 79.9. The minimum atomic E-state index is -0.132. The summed E-state index contributed by atoms with van der Waals surface area (Å²) in [7, 11) is 1.91. The molecule has 0 amide bonds. The van der Waals surface area contributed by atoms with E-state index in [0.717, 1.165) is 18.4 Å². The van der Waals surface area contributed by atoms with Crippen molar-refractivity contribution in [2.24, 2.45) is 5.92 Å². The van der Waals surface area contributed by atoms with Crippen LogP contribution in [0.4, 0.5) is 4.39 Å². The largest absolute Gasteiger partial charge is 0.313 e. The van der Waals surface area contributed by atoms with Crippen LogP contribution >= 0.6 is 15.9 Å². The summed E-state index contributed by atoms with van der Waals surface area (Å²) >= 11 is 3.27. The van der Waals surface area contributed by atoms with Gasteiger partial charge in [-0.3, -0.25) is 0 Å². The van der Waals surface area contributed by atoms with Gasteiger partial charge in [-0.25, -0.2) is 4.39 Å². The summed E-state index contributed by atoms with van der Waals surface area (Å²) in [6.45, 7) is 4.45. The van der Waals surface area contributed by atoms with Crippen LogP contribution in [-0.4, -0.2) is 7.05 Å². The number of benzene rings is 1. The molecule has 0 aromatic heterocycles. The highest BCUT2D eigenvalue weighted by Crippen LogP contribution is 2.30. The summed E-state index contributed by atoms with van der Waals surface area (Å²) in [6.07, 6.45) is 5.89. The van der Waals surface area contributed by atoms with Crippen LogP contribution in [0.2, 0.25) is 0 Å². The van der Waals surface area contributed by atoms with Gasteiger partial charge in [-0.05, 0) is 41.4 Å². The third-order valence-electron chi connectivity index (χ3n) is 3.82. The quantitative estimate of drug-likeness (QED) is 0.668. The maximum atomic E-state index is 14.2. The van der Waals surface area contributed by atoms with Crippen LogP contribution in [-0.2, 0) is 0 Å². The van der Waals surface area contributed by atoms with E-state index in [1.165, 1.54) is 19.3 Å². The molecule has 0 saturated heterocycles. The maximum absolute atomic E-state index is 14.2. The number of hydrogen-bond acceptors (Lipinski definition) is 1. The number of rotatable bonds is 8. The lowest BCUT2D eigenvalue weighted by molar-refractivity contribution is 0.359. The molecule has 1 aromatic rings. The Morgan fingerprint density at radius 2 is 2.05 bits per heavy atom. The summed E-state index contributed by atoms with van der Waals surface area (Å²) in [5.41, 5.74) is 0.770. The molecule has 1 N–H and O–H groups in total. The molecule has 0 spiro atoms. The zero-order valence-corrected chi connectivity index (χ0v) is 13.8. The molecule has 3 heteroatoms. The Morgan fingerprint density at radius 3 is 2.63 bits per heavy atom. The maximum Gasteiger partial charge on any atom is 0.142 e. The molecule has 0 aliphatic carbocycles. The Balaban J connectivity index is 2.79. The van der Waals surface area contributed by atoms with Gasteiger partial charge >= 0.3 is 0 Å². The number of nitrogens with one attached hydrogen (secondary N) is 1. The van der Waals surface area contributed by atoms with Gasteiger partial charge in [-0.15, -0.1) is 0 Å². The van der Waals surface area contributed by atoms with E-state index < -0.39 is 0 Å². The van der Waals surface area contributed by atoms with E-state index >= 15 is 0 Å². The summed E-state index contributed by atoms with van der Waals surface area (Å²) in [6, 6.07) is 5.63. The molecule has 2 atom stereocenters. The van der Waals surface area contributed by atoms with E-state index in [2.05, 4.69) is 35.1 Å². The lowest BCUT2D eigenvalue weighted by Crippen LogP contribution is -2.21. The van der Waals surface area contributed by atoms with E-state index in [1.54, 1.807) is 6.07 Å². The Bertz CT molecular complexity index is 381. The highest BCUT2D eigenvalue weighted by molar-refractivity contribution is 9.10. The lowest BCUT2D eigenvalue weighted by atomic mass is 9.89. The van der Waals surface area contributed by atoms with Crippen molar-refractivity contribution in [3.63, 3.8) is 0 Å². The fourth-order valence-corrected chi connectivity index (χ4v) is 2.89. The Labute approximate surface area is 125 Å². The van der Waals surface area contributed by atoms with Gasteiger partial charge in [0.15, 0.2) is 0 Å². The SMILES string of the molecule is CCCCC(CC)CC(NC)c1cccc(Br)c1F. The van der Waals surface area contributed by atoms with Crippen molar-refractivity contribution >= 4 is 15.9 Å². The molecule has 1 rings (SSSR count). The van der Waals surface area contributed by atoms with E-state index in [1.807, 2.05) is 19.2 Å². The van der Waals surface area contributed by atoms with Crippen molar-refractivity contribution in [2.45, 2.75) is 52.0 Å². The van der Waals surface area contributed by atoms with Crippen molar-refractivity contribution in [3.05, 3.63) is 34.1 Å². The van der Waals surface area contributed by atoms with Gasteiger partial charge in [0.2, 0.25) is 0 Å². The second-order valence-corrected chi connectivity index (χ2v) is 5.99.